The van der Waals surface area contributed by atoms with Crippen molar-refractivity contribution in [3.8, 4) is 0 Å². The molecule has 0 aliphatic heterocycles. The molecular weight excluding hydrogens is 246 g/mol. The van der Waals surface area contributed by atoms with E-state index in [0.717, 1.165) is 0 Å². The maximum atomic E-state index is 11.5. The first-order valence-electron chi connectivity index (χ1n) is 5.99. The Labute approximate surface area is 112 Å². The van der Waals surface area contributed by atoms with Crippen LogP contribution >= 0.6 is 0 Å². The van der Waals surface area contributed by atoms with Gasteiger partial charge in [-0.1, -0.05) is 6.07 Å². The highest BCUT2D eigenvalue weighted by Crippen LogP contribution is 2.15. The number of benzene rings is 1. The van der Waals surface area contributed by atoms with Crippen LogP contribution in [0.3, 0.4) is 0 Å². The Morgan fingerprint density at radius 3 is 2.47 bits per heavy atom. The molecule has 0 radical (unpaired) electrons. The Morgan fingerprint density at radius 2 is 1.95 bits per heavy atom. The van der Waals surface area contributed by atoms with Crippen LogP contribution in [0, 0.1) is 6.92 Å². The molecule has 0 bridgehead atoms. The molecule has 0 aliphatic rings. The molecule has 5 heteroatoms. The molecule has 0 saturated carbocycles. The normalized spacial score (nSPS) is 10.9. The topological polar surface area (TPSA) is 75.6 Å². The van der Waals surface area contributed by atoms with Gasteiger partial charge in [0.1, 0.15) is 12.1 Å². The summed E-state index contributed by atoms with van der Waals surface area (Å²) in [6.45, 7) is 7.10. The number of rotatable bonds is 4. The Hall–Kier alpha value is -2.04. The van der Waals surface area contributed by atoms with Crippen LogP contribution in [-0.4, -0.2) is 29.2 Å². The van der Waals surface area contributed by atoms with Crippen LogP contribution in [-0.2, 0) is 9.53 Å². The van der Waals surface area contributed by atoms with Crippen molar-refractivity contribution in [2.24, 2.45) is 0 Å². The van der Waals surface area contributed by atoms with E-state index in [1.807, 2.05) is 0 Å². The van der Waals surface area contributed by atoms with E-state index in [-0.39, 0.29) is 18.1 Å². The number of carboxylic acid groups (broad SMARTS) is 1. The molecule has 0 spiro atoms. The average molecular weight is 265 g/mol. The van der Waals surface area contributed by atoms with Crippen LogP contribution in [0.15, 0.2) is 18.2 Å². The van der Waals surface area contributed by atoms with Gasteiger partial charge in [-0.3, -0.25) is 4.79 Å². The summed E-state index contributed by atoms with van der Waals surface area (Å²) in [5.74, 6) is -1.37. The first kappa shape index (κ1) is 15.0. The molecule has 2 N–H and O–H groups in total. The molecule has 0 fully saturated rings. The fourth-order valence-electron chi connectivity index (χ4n) is 1.51. The predicted octanol–water partition coefficient (Wildman–Crippen LogP) is 2.45. The number of aryl methyl sites for hydroxylation is 1. The van der Waals surface area contributed by atoms with E-state index >= 15 is 0 Å². The smallest absolute Gasteiger partial charge is 0.336 e. The standard InChI is InChI=1S/C14H19NO4/c1-9-5-6-10(7-11(9)13(17)18)15-8-12(16)19-14(2,3)4/h5-7,15H,8H2,1-4H3,(H,17,18). The van der Waals surface area contributed by atoms with Crippen molar-refractivity contribution in [2.45, 2.75) is 33.3 Å². The van der Waals surface area contributed by atoms with Crippen molar-refractivity contribution in [2.75, 3.05) is 11.9 Å². The number of nitrogens with one attached hydrogen (secondary N) is 1. The number of hydrogen-bond acceptors (Lipinski definition) is 4. The van der Waals surface area contributed by atoms with Crippen molar-refractivity contribution in [1.29, 1.82) is 0 Å². The molecule has 1 aromatic carbocycles. The fraction of sp³-hybridized carbons (Fsp3) is 0.429. The van der Waals surface area contributed by atoms with Gasteiger partial charge < -0.3 is 15.2 Å². The van der Waals surface area contributed by atoms with Crippen LogP contribution in [0.5, 0.6) is 0 Å². The van der Waals surface area contributed by atoms with Gasteiger partial charge in [0.15, 0.2) is 0 Å². The minimum absolute atomic E-state index is 0.000605. The SMILES string of the molecule is Cc1ccc(NCC(=O)OC(C)(C)C)cc1C(=O)O. The first-order chi connectivity index (χ1) is 8.69. The number of esters is 1. The molecule has 19 heavy (non-hydrogen) atoms. The van der Waals surface area contributed by atoms with Gasteiger partial charge in [0.2, 0.25) is 0 Å². The maximum absolute atomic E-state index is 11.5. The average Bonchev–Trinajstić information content (AvgIpc) is 2.25. The van der Waals surface area contributed by atoms with Gasteiger partial charge in [0.05, 0.1) is 5.56 Å². The number of carbonyl (C=O) groups is 2. The number of hydrogen-bond donors (Lipinski definition) is 2. The lowest BCUT2D eigenvalue weighted by atomic mass is 10.1. The number of anilines is 1. The van der Waals surface area contributed by atoms with E-state index in [4.69, 9.17) is 9.84 Å². The van der Waals surface area contributed by atoms with Crippen molar-refractivity contribution in [1.82, 2.24) is 0 Å². The van der Waals surface area contributed by atoms with Gasteiger partial charge in [-0.25, -0.2) is 4.79 Å². The third kappa shape index (κ3) is 4.99. The Bertz CT molecular complexity index is 489. The number of carbonyl (C=O) groups excluding carboxylic acids is 1. The monoisotopic (exact) mass is 265 g/mol. The van der Waals surface area contributed by atoms with Crippen molar-refractivity contribution >= 4 is 17.6 Å². The zero-order valence-electron chi connectivity index (χ0n) is 11.6. The van der Waals surface area contributed by atoms with E-state index in [1.54, 1.807) is 39.8 Å². The predicted molar refractivity (Wildman–Crippen MR) is 72.5 cm³/mol. The summed E-state index contributed by atoms with van der Waals surface area (Å²) in [7, 11) is 0. The van der Waals surface area contributed by atoms with Crippen molar-refractivity contribution in [3.63, 3.8) is 0 Å². The summed E-state index contributed by atoms with van der Waals surface area (Å²) in [4.78, 5) is 22.5. The number of carboxylic acids is 1. The van der Waals surface area contributed by atoms with E-state index in [0.29, 0.717) is 11.3 Å². The highest BCUT2D eigenvalue weighted by atomic mass is 16.6. The summed E-state index contributed by atoms with van der Waals surface area (Å²) in [6, 6.07) is 4.93. The quantitative estimate of drug-likeness (QED) is 0.818. The number of aromatic carboxylic acids is 1. The van der Waals surface area contributed by atoms with Crippen LogP contribution in [0.1, 0.15) is 36.7 Å². The molecule has 0 aromatic heterocycles. The van der Waals surface area contributed by atoms with Crippen LogP contribution in [0.2, 0.25) is 0 Å². The molecule has 0 saturated heterocycles. The highest BCUT2D eigenvalue weighted by Gasteiger charge is 2.16. The molecule has 0 unspecified atom stereocenters. The maximum Gasteiger partial charge on any atom is 0.336 e. The lowest BCUT2D eigenvalue weighted by Gasteiger charge is -2.19. The second kappa shape index (κ2) is 5.73. The summed E-state index contributed by atoms with van der Waals surface area (Å²) in [5.41, 5.74) is 0.941. The zero-order valence-corrected chi connectivity index (χ0v) is 11.6. The lowest BCUT2D eigenvalue weighted by Crippen LogP contribution is -2.28. The molecule has 0 heterocycles. The Balaban J connectivity index is 2.66. The molecular formula is C14H19NO4. The van der Waals surface area contributed by atoms with Gasteiger partial charge >= 0.3 is 11.9 Å². The molecule has 1 aromatic rings. The minimum atomic E-state index is -0.988. The molecule has 1 rings (SSSR count). The number of ether oxygens (including phenoxy) is 1. The molecule has 0 amide bonds. The third-order valence-corrected chi connectivity index (χ3v) is 2.32. The van der Waals surface area contributed by atoms with E-state index in [9.17, 15) is 9.59 Å². The highest BCUT2D eigenvalue weighted by molar-refractivity contribution is 5.90. The van der Waals surface area contributed by atoms with Gasteiger partial charge in [-0.2, -0.15) is 0 Å². The van der Waals surface area contributed by atoms with E-state index in [2.05, 4.69) is 5.32 Å². The van der Waals surface area contributed by atoms with Gasteiger partial charge in [0.25, 0.3) is 0 Å². The fourth-order valence-corrected chi connectivity index (χ4v) is 1.51. The minimum Gasteiger partial charge on any atom is -0.478 e. The van der Waals surface area contributed by atoms with Crippen molar-refractivity contribution < 1.29 is 19.4 Å². The van der Waals surface area contributed by atoms with Gasteiger partial charge in [-0.15, -0.1) is 0 Å². The largest absolute Gasteiger partial charge is 0.478 e. The zero-order chi connectivity index (χ0) is 14.6. The van der Waals surface area contributed by atoms with Gasteiger partial charge in [-0.05, 0) is 45.4 Å². The van der Waals surface area contributed by atoms with E-state index in [1.165, 1.54) is 6.07 Å². The molecule has 104 valence electrons. The van der Waals surface area contributed by atoms with Crippen LogP contribution in [0.4, 0.5) is 5.69 Å². The summed E-state index contributed by atoms with van der Waals surface area (Å²) in [6.07, 6.45) is 0. The first-order valence-corrected chi connectivity index (χ1v) is 5.99. The second-order valence-electron chi connectivity index (χ2n) is 5.27. The van der Waals surface area contributed by atoms with E-state index < -0.39 is 11.6 Å². The third-order valence-electron chi connectivity index (χ3n) is 2.32. The summed E-state index contributed by atoms with van der Waals surface area (Å²) in [5, 5.41) is 11.9. The molecule has 5 nitrogen and oxygen atoms in total. The second-order valence-corrected chi connectivity index (χ2v) is 5.27. The molecule has 0 aliphatic carbocycles. The summed E-state index contributed by atoms with van der Waals surface area (Å²) < 4.78 is 5.14. The Morgan fingerprint density at radius 1 is 1.32 bits per heavy atom. The van der Waals surface area contributed by atoms with Crippen molar-refractivity contribution in [3.05, 3.63) is 29.3 Å². The lowest BCUT2D eigenvalue weighted by molar-refractivity contribution is -0.152. The van der Waals surface area contributed by atoms with Gasteiger partial charge in [0, 0.05) is 5.69 Å². The summed E-state index contributed by atoms with van der Waals surface area (Å²) >= 11 is 0. The van der Waals surface area contributed by atoms with Crippen LogP contribution in [0.25, 0.3) is 0 Å². The molecule has 0 atom stereocenters. The Kier molecular flexibility index (Phi) is 4.53. The van der Waals surface area contributed by atoms with Crippen LogP contribution < -0.4 is 5.32 Å².